The summed E-state index contributed by atoms with van der Waals surface area (Å²) in [5.74, 6) is 0.747. The molecule has 1 aromatic rings. The molecule has 2 nitrogen and oxygen atoms in total. The Bertz CT molecular complexity index is 419. The summed E-state index contributed by atoms with van der Waals surface area (Å²) in [4.78, 5) is 0. The third-order valence-electron chi connectivity index (χ3n) is 3.72. The van der Waals surface area contributed by atoms with E-state index in [1.54, 1.807) is 0 Å². The van der Waals surface area contributed by atoms with Gasteiger partial charge in [-0.3, -0.25) is 0 Å². The highest BCUT2D eigenvalue weighted by atomic mass is 15.0. The predicted molar refractivity (Wildman–Crippen MR) is 75.6 cm³/mol. The van der Waals surface area contributed by atoms with Crippen LogP contribution in [0, 0.1) is 11.3 Å². The van der Waals surface area contributed by atoms with Gasteiger partial charge in [-0.05, 0) is 50.3 Å². The van der Waals surface area contributed by atoms with Gasteiger partial charge in [-0.25, -0.2) is 0 Å². The molecule has 96 valence electrons. The Morgan fingerprint density at radius 3 is 2.28 bits per heavy atom. The first-order chi connectivity index (χ1) is 8.61. The van der Waals surface area contributed by atoms with Crippen LogP contribution in [-0.4, -0.2) is 5.54 Å². The lowest BCUT2D eigenvalue weighted by atomic mass is 9.84. The van der Waals surface area contributed by atoms with Crippen molar-refractivity contribution in [2.24, 2.45) is 0 Å². The Morgan fingerprint density at radius 2 is 1.72 bits per heavy atom. The highest BCUT2D eigenvalue weighted by molar-refractivity contribution is 5.48. The van der Waals surface area contributed by atoms with E-state index in [4.69, 9.17) is 5.26 Å². The van der Waals surface area contributed by atoms with Gasteiger partial charge in [-0.2, -0.15) is 5.26 Å². The Kier molecular flexibility index (Phi) is 3.91. The second-order valence-corrected chi connectivity index (χ2v) is 5.82. The molecule has 0 aliphatic heterocycles. The number of nitrogens with one attached hydrogen (secondary N) is 1. The molecule has 1 aliphatic rings. The van der Waals surface area contributed by atoms with E-state index >= 15 is 0 Å². The van der Waals surface area contributed by atoms with Gasteiger partial charge in [0.05, 0.1) is 6.07 Å². The highest BCUT2D eigenvalue weighted by Gasteiger charge is 2.17. The average Bonchev–Trinajstić information content (AvgIpc) is 2.40. The van der Waals surface area contributed by atoms with Crippen molar-refractivity contribution in [3.05, 3.63) is 29.8 Å². The molecule has 0 heterocycles. The number of hydrogen-bond acceptors (Lipinski definition) is 2. The second kappa shape index (κ2) is 5.44. The molecular weight excluding hydrogens is 220 g/mol. The molecule has 2 heteroatoms. The third kappa shape index (κ3) is 3.26. The normalized spacial score (nSPS) is 17.2. The molecule has 0 radical (unpaired) electrons. The van der Waals surface area contributed by atoms with Gasteiger partial charge in [-0.1, -0.05) is 31.4 Å². The van der Waals surface area contributed by atoms with E-state index in [0.717, 1.165) is 11.6 Å². The lowest BCUT2D eigenvalue weighted by Crippen LogP contribution is -2.28. The Balaban J connectivity index is 2.03. The number of benzene rings is 1. The molecule has 1 aliphatic carbocycles. The summed E-state index contributed by atoms with van der Waals surface area (Å²) in [5.41, 5.74) is 1.97. The maximum absolute atomic E-state index is 9.00. The fourth-order valence-corrected chi connectivity index (χ4v) is 2.66. The van der Waals surface area contributed by atoms with Gasteiger partial charge in [0.15, 0.2) is 0 Å². The van der Waals surface area contributed by atoms with Crippen molar-refractivity contribution in [2.45, 2.75) is 57.4 Å². The van der Waals surface area contributed by atoms with Gasteiger partial charge in [0, 0.05) is 5.69 Å². The summed E-state index contributed by atoms with van der Waals surface area (Å²) in [5, 5.41) is 12.2. The minimum absolute atomic E-state index is 0.508. The van der Waals surface area contributed by atoms with Gasteiger partial charge in [0.1, 0.15) is 5.54 Å². The first-order valence-corrected chi connectivity index (χ1v) is 6.90. The quantitative estimate of drug-likeness (QED) is 0.850. The molecule has 2 rings (SSSR count). The van der Waals surface area contributed by atoms with E-state index < -0.39 is 5.54 Å². The molecule has 0 atom stereocenters. The van der Waals surface area contributed by atoms with Crippen molar-refractivity contribution in [1.82, 2.24) is 0 Å². The van der Waals surface area contributed by atoms with E-state index in [0.29, 0.717) is 0 Å². The minimum Gasteiger partial charge on any atom is -0.368 e. The second-order valence-electron chi connectivity index (χ2n) is 5.82. The van der Waals surface area contributed by atoms with Crippen LogP contribution in [-0.2, 0) is 0 Å². The molecule has 1 saturated carbocycles. The molecule has 18 heavy (non-hydrogen) atoms. The maximum Gasteiger partial charge on any atom is 0.119 e. The Morgan fingerprint density at radius 1 is 1.11 bits per heavy atom. The zero-order chi connectivity index (χ0) is 13.0. The fraction of sp³-hybridized carbons (Fsp3) is 0.562. The highest BCUT2D eigenvalue weighted by Crippen LogP contribution is 2.33. The van der Waals surface area contributed by atoms with Crippen LogP contribution in [0.4, 0.5) is 5.69 Å². The molecule has 1 aromatic carbocycles. The Labute approximate surface area is 110 Å². The van der Waals surface area contributed by atoms with E-state index in [-0.39, 0.29) is 0 Å². The molecule has 1 N–H and O–H groups in total. The molecule has 0 amide bonds. The molecular formula is C16H22N2. The van der Waals surface area contributed by atoms with Gasteiger partial charge < -0.3 is 5.32 Å². The maximum atomic E-state index is 9.00. The van der Waals surface area contributed by atoms with Crippen molar-refractivity contribution in [2.75, 3.05) is 5.32 Å². The molecule has 0 bridgehead atoms. The zero-order valence-electron chi connectivity index (χ0n) is 11.4. The number of rotatable bonds is 3. The standard InChI is InChI=1S/C16H22N2/c1-16(2,12-17)18-15-10-8-14(9-11-15)13-6-4-3-5-7-13/h8-11,13,18H,3-7H2,1-2H3. The van der Waals surface area contributed by atoms with Gasteiger partial charge in [0.2, 0.25) is 0 Å². The average molecular weight is 242 g/mol. The Hall–Kier alpha value is -1.49. The third-order valence-corrected chi connectivity index (χ3v) is 3.72. The molecule has 0 spiro atoms. The summed E-state index contributed by atoms with van der Waals surface area (Å²) < 4.78 is 0. The monoisotopic (exact) mass is 242 g/mol. The van der Waals surface area contributed by atoms with E-state index in [9.17, 15) is 0 Å². The zero-order valence-corrected chi connectivity index (χ0v) is 11.4. The van der Waals surface area contributed by atoms with E-state index in [2.05, 4.69) is 35.7 Å². The molecule has 1 fully saturated rings. The summed E-state index contributed by atoms with van der Waals surface area (Å²) in [6.07, 6.45) is 6.79. The van der Waals surface area contributed by atoms with Gasteiger partial charge in [-0.15, -0.1) is 0 Å². The van der Waals surface area contributed by atoms with Crippen molar-refractivity contribution in [3.63, 3.8) is 0 Å². The summed E-state index contributed by atoms with van der Waals surface area (Å²) in [6, 6.07) is 10.9. The van der Waals surface area contributed by atoms with Gasteiger partial charge in [0.25, 0.3) is 0 Å². The first kappa shape index (κ1) is 13.0. The SMILES string of the molecule is CC(C)(C#N)Nc1ccc(C2CCCCC2)cc1. The number of hydrogen-bond donors (Lipinski definition) is 1. The van der Waals surface area contributed by atoms with Crippen molar-refractivity contribution in [3.8, 4) is 6.07 Å². The van der Waals surface area contributed by atoms with E-state index in [1.165, 1.54) is 37.7 Å². The smallest absolute Gasteiger partial charge is 0.119 e. The minimum atomic E-state index is -0.508. The number of anilines is 1. The molecule has 0 unspecified atom stereocenters. The lowest BCUT2D eigenvalue weighted by Gasteiger charge is -2.23. The summed E-state index contributed by atoms with van der Waals surface area (Å²) >= 11 is 0. The number of nitrogens with zero attached hydrogens (tertiary/aromatic N) is 1. The van der Waals surface area contributed by atoms with Crippen LogP contribution in [0.1, 0.15) is 57.4 Å². The van der Waals surface area contributed by atoms with Crippen LogP contribution in [0.15, 0.2) is 24.3 Å². The summed E-state index contributed by atoms with van der Waals surface area (Å²) in [6.45, 7) is 3.78. The summed E-state index contributed by atoms with van der Waals surface area (Å²) in [7, 11) is 0. The van der Waals surface area contributed by atoms with Crippen molar-refractivity contribution < 1.29 is 0 Å². The van der Waals surface area contributed by atoms with E-state index in [1.807, 2.05) is 13.8 Å². The van der Waals surface area contributed by atoms with Crippen LogP contribution in [0.25, 0.3) is 0 Å². The van der Waals surface area contributed by atoms with Crippen LogP contribution in [0.3, 0.4) is 0 Å². The predicted octanol–water partition coefficient (Wildman–Crippen LogP) is 4.45. The first-order valence-electron chi connectivity index (χ1n) is 6.90. The van der Waals surface area contributed by atoms with Crippen LogP contribution in [0.2, 0.25) is 0 Å². The molecule has 0 aromatic heterocycles. The van der Waals surface area contributed by atoms with Crippen LogP contribution >= 0.6 is 0 Å². The largest absolute Gasteiger partial charge is 0.368 e. The fourth-order valence-electron chi connectivity index (χ4n) is 2.66. The van der Waals surface area contributed by atoms with Gasteiger partial charge >= 0.3 is 0 Å². The molecule has 0 saturated heterocycles. The number of nitriles is 1. The lowest BCUT2D eigenvalue weighted by molar-refractivity contribution is 0.443. The van der Waals surface area contributed by atoms with Crippen LogP contribution < -0.4 is 5.32 Å². The van der Waals surface area contributed by atoms with Crippen molar-refractivity contribution >= 4 is 5.69 Å². The topological polar surface area (TPSA) is 35.8 Å². The van der Waals surface area contributed by atoms with Crippen LogP contribution in [0.5, 0.6) is 0 Å². The van der Waals surface area contributed by atoms with Crippen molar-refractivity contribution in [1.29, 1.82) is 5.26 Å².